The highest BCUT2D eigenvalue weighted by atomic mass is 16.6. The van der Waals surface area contributed by atoms with Crippen molar-refractivity contribution in [3.8, 4) is 17.2 Å². The van der Waals surface area contributed by atoms with Gasteiger partial charge in [0.2, 0.25) is 0 Å². The summed E-state index contributed by atoms with van der Waals surface area (Å²) in [5.41, 5.74) is 3.16. The summed E-state index contributed by atoms with van der Waals surface area (Å²) < 4.78 is 9.94. The fourth-order valence-electron chi connectivity index (χ4n) is 1.92. The molecule has 0 saturated carbocycles. The first-order valence-corrected chi connectivity index (χ1v) is 6.56. The zero-order valence-electron chi connectivity index (χ0n) is 11.5. The largest absolute Gasteiger partial charge is 0.475 e. The van der Waals surface area contributed by atoms with Crippen molar-refractivity contribution in [2.45, 2.75) is 6.61 Å². The van der Waals surface area contributed by atoms with Crippen molar-refractivity contribution in [3.63, 3.8) is 0 Å². The summed E-state index contributed by atoms with van der Waals surface area (Å²) in [6, 6.07) is 17.9. The van der Waals surface area contributed by atoms with Crippen molar-refractivity contribution in [3.05, 3.63) is 66.0 Å². The summed E-state index contributed by atoms with van der Waals surface area (Å²) in [5, 5.41) is 12.0. The average molecular weight is 296 g/mol. The van der Waals surface area contributed by atoms with Crippen LogP contribution in [0.1, 0.15) is 16.2 Å². The maximum atomic E-state index is 10.6. The lowest BCUT2D eigenvalue weighted by molar-refractivity contribution is 0.0680. The summed E-state index contributed by atoms with van der Waals surface area (Å²) in [6.07, 6.45) is -0.162. The Hall–Kier alpha value is -3.15. The van der Waals surface area contributed by atoms with Crippen molar-refractivity contribution in [2.24, 2.45) is 0 Å². The third kappa shape index (κ3) is 3.12. The third-order valence-electron chi connectivity index (χ3n) is 3.02. The van der Waals surface area contributed by atoms with Gasteiger partial charge in [-0.2, -0.15) is 0 Å². The molecular weight excluding hydrogens is 284 g/mol. The molecule has 3 rings (SSSR count). The number of aromatic nitrogens is 2. The number of aromatic carboxylic acids is 1. The molecule has 0 aliphatic carbocycles. The van der Waals surface area contributed by atoms with E-state index >= 15 is 0 Å². The van der Waals surface area contributed by atoms with Crippen LogP contribution in [0.4, 0.5) is 0 Å². The Morgan fingerprint density at radius 3 is 2.36 bits per heavy atom. The molecule has 0 fully saturated rings. The molecule has 3 aromatic rings. The molecule has 6 nitrogen and oxygen atoms in total. The maximum absolute atomic E-state index is 10.6. The zero-order chi connectivity index (χ0) is 15.4. The normalized spacial score (nSPS) is 10.4. The molecule has 0 unspecified atom stereocenters. The standard InChI is InChI=1S/C16H12N2O4/c19-15(20)14-17-16(22-18-14)21-10-11-6-8-13(9-7-11)12-4-2-1-3-5-12/h1-9H,10H2,(H,19,20). The molecule has 0 bridgehead atoms. The van der Waals surface area contributed by atoms with E-state index in [4.69, 9.17) is 9.84 Å². The van der Waals surface area contributed by atoms with Crippen LogP contribution >= 0.6 is 0 Å². The summed E-state index contributed by atoms with van der Waals surface area (Å²) in [4.78, 5) is 14.2. The van der Waals surface area contributed by atoms with Crippen LogP contribution in [0, 0.1) is 0 Å². The number of nitrogens with zero attached hydrogens (tertiary/aromatic N) is 2. The van der Waals surface area contributed by atoms with Crippen LogP contribution < -0.4 is 4.74 Å². The summed E-state index contributed by atoms with van der Waals surface area (Å²) in [7, 11) is 0. The molecule has 1 heterocycles. The molecular formula is C16H12N2O4. The van der Waals surface area contributed by atoms with Crippen LogP contribution in [0.3, 0.4) is 0 Å². The lowest BCUT2D eigenvalue weighted by Crippen LogP contribution is -1.99. The molecule has 0 aliphatic heterocycles. The minimum atomic E-state index is -1.26. The predicted octanol–water partition coefficient (Wildman–Crippen LogP) is 3.01. The van der Waals surface area contributed by atoms with E-state index in [1.165, 1.54) is 0 Å². The van der Waals surface area contributed by atoms with Crippen molar-refractivity contribution in [2.75, 3.05) is 0 Å². The highest BCUT2D eigenvalue weighted by Gasteiger charge is 2.13. The SMILES string of the molecule is O=C(O)c1noc(OCc2ccc(-c3ccccc3)cc2)n1. The van der Waals surface area contributed by atoms with E-state index in [9.17, 15) is 4.79 Å². The van der Waals surface area contributed by atoms with Crippen LogP contribution in [-0.2, 0) is 6.61 Å². The quantitative estimate of drug-likeness (QED) is 0.779. The van der Waals surface area contributed by atoms with Crippen LogP contribution in [0.15, 0.2) is 59.1 Å². The van der Waals surface area contributed by atoms with Crippen LogP contribution in [0.25, 0.3) is 11.1 Å². The first-order valence-electron chi connectivity index (χ1n) is 6.56. The average Bonchev–Trinajstić information content (AvgIpc) is 3.04. The number of carboxylic acid groups (broad SMARTS) is 1. The van der Waals surface area contributed by atoms with Crippen molar-refractivity contribution in [1.29, 1.82) is 0 Å². The first-order chi connectivity index (χ1) is 10.7. The lowest BCUT2D eigenvalue weighted by atomic mass is 10.0. The second-order valence-corrected chi connectivity index (χ2v) is 4.54. The van der Waals surface area contributed by atoms with Crippen molar-refractivity contribution < 1.29 is 19.2 Å². The van der Waals surface area contributed by atoms with Gasteiger partial charge >= 0.3 is 12.0 Å². The smallest absolute Gasteiger partial charge is 0.418 e. The van der Waals surface area contributed by atoms with Gasteiger partial charge in [-0.3, -0.25) is 4.52 Å². The van der Waals surface area contributed by atoms with Gasteiger partial charge in [-0.25, -0.2) is 4.79 Å². The van der Waals surface area contributed by atoms with Gasteiger partial charge in [0, 0.05) is 0 Å². The van der Waals surface area contributed by atoms with E-state index < -0.39 is 11.8 Å². The van der Waals surface area contributed by atoms with Crippen molar-refractivity contribution in [1.82, 2.24) is 10.1 Å². The Balaban J connectivity index is 1.65. The van der Waals surface area contributed by atoms with E-state index in [1.807, 2.05) is 54.6 Å². The van der Waals surface area contributed by atoms with Gasteiger partial charge in [-0.05, 0) is 21.8 Å². The predicted molar refractivity (Wildman–Crippen MR) is 77.5 cm³/mol. The molecule has 0 aliphatic rings. The van der Waals surface area contributed by atoms with E-state index in [2.05, 4.69) is 14.7 Å². The first kappa shape index (κ1) is 13.8. The molecule has 2 aromatic carbocycles. The van der Waals surface area contributed by atoms with Crippen molar-refractivity contribution >= 4 is 5.97 Å². The third-order valence-corrected chi connectivity index (χ3v) is 3.02. The molecule has 0 radical (unpaired) electrons. The number of rotatable bonds is 5. The highest BCUT2D eigenvalue weighted by molar-refractivity contribution is 5.82. The van der Waals surface area contributed by atoms with Crippen LogP contribution in [-0.4, -0.2) is 21.2 Å². The number of carboxylic acids is 1. The molecule has 1 aromatic heterocycles. The summed E-state index contributed by atoms with van der Waals surface area (Å²) >= 11 is 0. The summed E-state index contributed by atoms with van der Waals surface area (Å²) in [5.74, 6) is -1.68. The van der Waals surface area contributed by atoms with Gasteiger partial charge < -0.3 is 9.84 Å². The Morgan fingerprint density at radius 2 is 1.73 bits per heavy atom. The van der Waals surface area contributed by atoms with Gasteiger partial charge in [0.1, 0.15) is 6.61 Å². The number of carbonyl (C=O) groups is 1. The molecule has 0 atom stereocenters. The number of hydrogen-bond donors (Lipinski definition) is 1. The Labute approximate surface area is 126 Å². The van der Waals surface area contributed by atoms with Crippen LogP contribution in [0.5, 0.6) is 6.08 Å². The highest BCUT2D eigenvalue weighted by Crippen LogP contribution is 2.19. The number of ether oxygens (including phenoxy) is 1. The second kappa shape index (κ2) is 6.09. The Kier molecular flexibility index (Phi) is 3.82. The fourth-order valence-corrected chi connectivity index (χ4v) is 1.92. The fraction of sp³-hybridized carbons (Fsp3) is 0.0625. The summed E-state index contributed by atoms with van der Waals surface area (Å²) in [6.45, 7) is 0.219. The molecule has 6 heteroatoms. The number of benzene rings is 2. The van der Waals surface area contributed by atoms with Gasteiger partial charge in [0.15, 0.2) is 0 Å². The molecule has 22 heavy (non-hydrogen) atoms. The van der Waals surface area contributed by atoms with E-state index in [0.29, 0.717) is 0 Å². The van der Waals surface area contributed by atoms with Gasteiger partial charge in [-0.15, -0.1) is 4.98 Å². The molecule has 110 valence electrons. The molecule has 0 saturated heterocycles. The Bertz CT molecular complexity index is 766. The van der Waals surface area contributed by atoms with Gasteiger partial charge in [0.05, 0.1) is 0 Å². The van der Waals surface area contributed by atoms with E-state index in [1.54, 1.807) is 0 Å². The molecule has 0 amide bonds. The number of hydrogen-bond acceptors (Lipinski definition) is 5. The molecule has 1 N–H and O–H groups in total. The van der Waals surface area contributed by atoms with Gasteiger partial charge in [-0.1, -0.05) is 54.6 Å². The maximum Gasteiger partial charge on any atom is 0.418 e. The minimum absolute atomic E-state index is 0.162. The lowest BCUT2D eigenvalue weighted by Gasteiger charge is -2.04. The minimum Gasteiger partial charge on any atom is -0.475 e. The van der Waals surface area contributed by atoms with Crippen LogP contribution in [0.2, 0.25) is 0 Å². The topological polar surface area (TPSA) is 85.5 Å². The van der Waals surface area contributed by atoms with E-state index in [-0.39, 0.29) is 12.7 Å². The molecule has 0 spiro atoms. The Morgan fingerprint density at radius 1 is 1.05 bits per heavy atom. The van der Waals surface area contributed by atoms with Gasteiger partial charge in [0.25, 0.3) is 5.82 Å². The zero-order valence-corrected chi connectivity index (χ0v) is 11.5. The monoisotopic (exact) mass is 296 g/mol. The van der Waals surface area contributed by atoms with E-state index in [0.717, 1.165) is 16.7 Å². The second-order valence-electron chi connectivity index (χ2n) is 4.54.